The zero-order valence-corrected chi connectivity index (χ0v) is 18.4. The molecule has 0 spiro atoms. The summed E-state index contributed by atoms with van der Waals surface area (Å²) in [5.41, 5.74) is 1.19. The SMILES string of the molecule is CN=C(NCCCC1CCCC1)NCc1ccc(N2CCCC2)nc1.I. The fourth-order valence-corrected chi connectivity index (χ4v) is 3.96. The highest BCUT2D eigenvalue weighted by molar-refractivity contribution is 14.0. The zero-order chi connectivity index (χ0) is 17.3. The van der Waals surface area contributed by atoms with Crippen LogP contribution < -0.4 is 15.5 Å². The molecule has 26 heavy (non-hydrogen) atoms. The third kappa shape index (κ3) is 6.59. The Balaban J connectivity index is 0.00000243. The van der Waals surface area contributed by atoms with Crippen LogP contribution in [0.5, 0.6) is 0 Å². The quantitative estimate of drug-likeness (QED) is 0.274. The van der Waals surface area contributed by atoms with Gasteiger partial charge in [0.15, 0.2) is 5.96 Å². The van der Waals surface area contributed by atoms with Crippen LogP contribution in [-0.2, 0) is 6.54 Å². The standard InChI is InChI=1S/C20H33N5.HI/c1-21-20(22-12-6-9-17-7-2-3-8-17)24-16-18-10-11-19(23-15-18)25-13-4-5-14-25;/h10-11,15,17H,2-9,12-14,16H2,1H3,(H2,21,22,24);1H. The Bertz CT molecular complexity index is 534. The molecule has 0 aromatic carbocycles. The van der Waals surface area contributed by atoms with Gasteiger partial charge in [0.1, 0.15) is 5.82 Å². The number of aromatic nitrogens is 1. The van der Waals surface area contributed by atoms with Crippen LogP contribution in [0.25, 0.3) is 0 Å². The molecule has 1 saturated carbocycles. The van der Waals surface area contributed by atoms with Crippen LogP contribution in [0.4, 0.5) is 5.82 Å². The Morgan fingerprint density at radius 1 is 1.15 bits per heavy atom. The number of nitrogens with zero attached hydrogens (tertiary/aromatic N) is 3. The molecule has 1 aromatic heterocycles. The number of nitrogens with one attached hydrogen (secondary N) is 2. The minimum atomic E-state index is 0. The van der Waals surface area contributed by atoms with Gasteiger partial charge in [0, 0.05) is 39.4 Å². The van der Waals surface area contributed by atoms with Crippen LogP contribution >= 0.6 is 24.0 Å². The van der Waals surface area contributed by atoms with Crippen molar-refractivity contribution in [3.63, 3.8) is 0 Å². The summed E-state index contributed by atoms with van der Waals surface area (Å²) in [4.78, 5) is 11.3. The van der Waals surface area contributed by atoms with Gasteiger partial charge in [0.25, 0.3) is 0 Å². The minimum Gasteiger partial charge on any atom is -0.357 e. The van der Waals surface area contributed by atoms with Crippen molar-refractivity contribution in [3.8, 4) is 0 Å². The first-order valence-corrected chi connectivity index (χ1v) is 9.99. The predicted molar refractivity (Wildman–Crippen MR) is 120 cm³/mol. The number of hydrogen-bond acceptors (Lipinski definition) is 3. The molecule has 1 aliphatic carbocycles. The summed E-state index contributed by atoms with van der Waals surface area (Å²) in [5.74, 6) is 2.96. The number of halogens is 1. The normalized spacial score (nSPS) is 18.0. The molecule has 2 fully saturated rings. The van der Waals surface area contributed by atoms with Gasteiger partial charge in [0.05, 0.1) is 0 Å². The summed E-state index contributed by atoms with van der Waals surface area (Å²) >= 11 is 0. The molecule has 146 valence electrons. The monoisotopic (exact) mass is 471 g/mol. The fraction of sp³-hybridized carbons (Fsp3) is 0.700. The maximum absolute atomic E-state index is 4.61. The number of rotatable bonds is 7. The molecule has 3 rings (SSSR count). The maximum Gasteiger partial charge on any atom is 0.191 e. The van der Waals surface area contributed by atoms with Gasteiger partial charge < -0.3 is 15.5 Å². The van der Waals surface area contributed by atoms with Gasteiger partial charge in [-0.25, -0.2) is 4.98 Å². The highest BCUT2D eigenvalue weighted by Gasteiger charge is 2.14. The highest BCUT2D eigenvalue weighted by atomic mass is 127. The molecule has 1 saturated heterocycles. The van der Waals surface area contributed by atoms with E-state index in [-0.39, 0.29) is 24.0 Å². The predicted octanol–water partition coefficient (Wildman–Crippen LogP) is 3.94. The molecule has 0 atom stereocenters. The minimum absolute atomic E-state index is 0. The van der Waals surface area contributed by atoms with E-state index in [0.29, 0.717) is 0 Å². The van der Waals surface area contributed by atoms with Crippen LogP contribution in [-0.4, -0.2) is 37.6 Å². The molecule has 0 amide bonds. The third-order valence-electron chi connectivity index (χ3n) is 5.48. The first-order chi connectivity index (χ1) is 12.3. The molecule has 0 bridgehead atoms. The second-order valence-corrected chi connectivity index (χ2v) is 7.36. The fourth-order valence-electron chi connectivity index (χ4n) is 3.96. The Labute approximate surface area is 175 Å². The summed E-state index contributed by atoms with van der Waals surface area (Å²) < 4.78 is 0. The molecular weight excluding hydrogens is 437 g/mol. The molecule has 2 heterocycles. The molecule has 6 heteroatoms. The highest BCUT2D eigenvalue weighted by Crippen LogP contribution is 2.28. The van der Waals surface area contributed by atoms with Crippen LogP contribution in [0.2, 0.25) is 0 Å². The van der Waals surface area contributed by atoms with Gasteiger partial charge in [-0.1, -0.05) is 31.7 Å². The van der Waals surface area contributed by atoms with Crippen LogP contribution in [0.1, 0.15) is 56.9 Å². The van der Waals surface area contributed by atoms with Gasteiger partial charge in [-0.3, -0.25) is 4.99 Å². The smallest absolute Gasteiger partial charge is 0.191 e. The van der Waals surface area contributed by atoms with Gasteiger partial charge >= 0.3 is 0 Å². The first-order valence-electron chi connectivity index (χ1n) is 9.99. The molecule has 1 aliphatic heterocycles. The van der Waals surface area contributed by atoms with Gasteiger partial charge in [-0.15, -0.1) is 24.0 Å². The lowest BCUT2D eigenvalue weighted by atomic mass is 10.0. The van der Waals surface area contributed by atoms with E-state index >= 15 is 0 Å². The number of pyridine rings is 1. The van der Waals surface area contributed by atoms with E-state index in [4.69, 9.17) is 0 Å². The van der Waals surface area contributed by atoms with Crippen LogP contribution in [0.15, 0.2) is 23.3 Å². The topological polar surface area (TPSA) is 52.6 Å². The Kier molecular flexibility index (Phi) is 9.50. The first kappa shape index (κ1) is 21.3. The van der Waals surface area contributed by atoms with E-state index in [1.807, 2.05) is 13.2 Å². The van der Waals surface area contributed by atoms with Crippen LogP contribution in [0.3, 0.4) is 0 Å². The van der Waals surface area contributed by atoms with Gasteiger partial charge in [-0.05, 0) is 43.2 Å². The maximum atomic E-state index is 4.61. The molecule has 0 radical (unpaired) electrons. The van der Waals surface area contributed by atoms with Crippen molar-refractivity contribution in [1.29, 1.82) is 0 Å². The van der Waals surface area contributed by atoms with E-state index in [1.165, 1.54) is 56.9 Å². The lowest BCUT2D eigenvalue weighted by Crippen LogP contribution is -2.37. The number of hydrogen-bond donors (Lipinski definition) is 2. The van der Waals surface area contributed by atoms with E-state index in [1.54, 1.807) is 0 Å². The van der Waals surface area contributed by atoms with Crippen molar-refractivity contribution in [2.45, 2.75) is 57.9 Å². The molecule has 5 nitrogen and oxygen atoms in total. The summed E-state index contributed by atoms with van der Waals surface area (Å²) in [6, 6.07) is 4.31. The van der Waals surface area contributed by atoms with E-state index < -0.39 is 0 Å². The van der Waals surface area contributed by atoms with Crippen molar-refractivity contribution in [1.82, 2.24) is 15.6 Å². The summed E-state index contributed by atoms with van der Waals surface area (Å²) in [6.45, 7) is 4.04. The summed E-state index contributed by atoms with van der Waals surface area (Å²) in [6.07, 6.45) is 12.9. The molecule has 1 aromatic rings. The van der Waals surface area contributed by atoms with Crippen molar-refractivity contribution in [2.75, 3.05) is 31.6 Å². The Morgan fingerprint density at radius 2 is 1.92 bits per heavy atom. The second-order valence-electron chi connectivity index (χ2n) is 7.36. The van der Waals surface area contributed by atoms with Crippen molar-refractivity contribution < 1.29 is 0 Å². The summed E-state index contributed by atoms with van der Waals surface area (Å²) in [7, 11) is 1.83. The van der Waals surface area contributed by atoms with Gasteiger partial charge in [0.2, 0.25) is 0 Å². The van der Waals surface area contributed by atoms with E-state index in [9.17, 15) is 0 Å². The second kappa shape index (κ2) is 11.6. The van der Waals surface area contributed by atoms with Crippen molar-refractivity contribution >= 4 is 35.8 Å². The number of aliphatic imine (C=N–C) groups is 1. The lowest BCUT2D eigenvalue weighted by Gasteiger charge is -2.17. The average Bonchev–Trinajstić information content (AvgIpc) is 3.35. The molecule has 2 aliphatic rings. The number of guanidine groups is 1. The Hall–Kier alpha value is -1.05. The van der Waals surface area contributed by atoms with Crippen molar-refractivity contribution in [3.05, 3.63) is 23.9 Å². The molecule has 0 unspecified atom stereocenters. The van der Waals surface area contributed by atoms with Gasteiger partial charge in [-0.2, -0.15) is 0 Å². The third-order valence-corrected chi connectivity index (χ3v) is 5.48. The Morgan fingerprint density at radius 3 is 2.58 bits per heavy atom. The van der Waals surface area contributed by atoms with Crippen molar-refractivity contribution in [2.24, 2.45) is 10.9 Å². The number of anilines is 1. The average molecular weight is 471 g/mol. The molecule has 2 N–H and O–H groups in total. The summed E-state index contributed by atoms with van der Waals surface area (Å²) in [5, 5.41) is 6.82. The lowest BCUT2D eigenvalue weighted by molar-refractivity contribution is 0.481. The van der Waals surface area contributed by atoms with Crippen LogP contribution in [0, 0.1) is 5.92 Å². The zero-order valence-electron chi connectivity index (χ0n) is 16.0. The molecular formula is C20H34IN5. The van der Waals surface area contributed by atoms with E-state index in [2.05, 4.69) is 37.6 Å². The van der Waals surface area contributed by atoms with E-state index in [0.717, 1.165) is 43.9 Å². The largest absolute Gasteiger partial charge is 0.357 e.